The highest BCUT2D eigenvalue weighted by Crippen LogP contribution is 2.30. The first-order valence-corrected chi connectivity index (χ1v) is 5.94. The summed E-state index contributed by atoms with van der Waals surface area (Å²) in [6.07, 6.45) is 4.90. The predicted molar refractivity (Wildman–Crippen MR) is 74.3 cm³/mol. The van der Waals surface area contributed by atoms with Crippen LogP contribution in [0.3, 0.4) is 0 Å². The van der Waals surface area contributed by atoms with Crippen LogP contribution in [0, 0.1) is 11.3 Å². The molecule has 96 valence electrons. The van der Waals surface area contributed by atoms with Crippen molar-refractivity contribution in [3.05, 3.63) is 54.6 Å². The Morgan fingerprint density at radius 3 is 2.65 bits per heavy atom. The zero-order valence-corrected chi connectivity index (χ0v) is 10.4. The molecule has 0 atom stereocenters. The molecule has 0 spiro atoms. The molecule has 0 unspecified atom stereocenters. The minimum Gasteiger partial charge on any atom is -0.463 e. The van der Waals surface area contributed by atoms with Gasteiger partial charge in [0, 0.05) is 18.0 Å². The van der Waals surface area contributed by atoms with Gasteiger partial charge in [0.1, 0.15) is 23.1 Å². The van der Waals surface area contributed by atoms with Gasteiger partial charge >= 0.3 is 0 Å². The monoisotopic (exact) mass is 262 g/mol. The molecule has 0 aliphatic heterocycles. The second-order valence-corrected chi connectivity index (χ2v) is 4.14. The van der Waals surface area contributed by atoms with E-state index in [1.165, 1.54) is 0 Å². The van der Waals surface area contributed by atoms with Crippen molar-refractivity contribution >= 4 is 5.82 Å². The number of pyridine rings is 2. The summed E-state index contributed by atoms with van der Waals surface area (Å²) in [5.41, 5.74) is 8.41. The molecule has 0 saturated carbocycles. The van der Waals surface area contributed by atoms with Gasteiger partial charge in [-0.1, -0.05) is 0 Å². The van der Waals surface area contributed by atoms with Crippen molar-refractivity contribution in [3.63, 3.8) is 0 Å². The van der Waals surface area contributed by atoms with Gasteiger partial charge in [0.25, 0.3) is 0 Å². The normalized spacial score (nSPS) is 10.2. The molecule has 0 bridgehead atoms. The summed E-state index contributed by atoms with van der Waals surface area (Å²) < 4.78 is 5.33. The number of nitriles is 1. The molecule has 2 N–H and O–H groups in total. The lowest BCUT2D eigenvalue weighted by molar-refractivity contribution is 0.580. The molecule has 5 heteroatoms. The summed E-state index contributed by atoms with van der Waals surface area (Å²) in [7, 11) is 0. The minimum atomic E-state index is 0.188. The number of hydrogen-bond acceptors (Lipinski definition) is 5. The summed E-state index contributed by atoms with van der Waals surface area (Å²) in [5, 5.41) is 9.27. The lowest BCUT2D eigenvalue weighted by atomic mass is 10.0. The highest BCUT2D eigenvalue weighted by atomic mass is 16.3. The standard InChI is InChI=1S/C15H10N4O/c16-9-12-11(10-3-5-18-6-4-10)8-13(19-15(12)17)14-2-1-7-20-14/h1-8H,(H2,17,19). The maximum atomic E-state index is 9.27. The maximum Gasteiger partial charge on any atom is 0.152 e. The number of rotatable bonds is 2. The van der Waals surface area contributed by atoms with Crippen LogP contribution in [0.1, 0.15) is 5.56 Å². The Morgan fingerprint density at radius 2 is 2.00 bits per heavy atom. The number of hydrogen-bond donors (Lipinski definition) is 1. The molecular weight excluding hydrogens is 252 g/mol. The van der Waals surface area contributed by atoms with Gasteiger partial charge < -0.3 is 10.2 Å². The van der Waals surface area contributed by atoms with Crippen LogP contribution in [0.5, 0.6) is 0 Å². The van der Waals surface area contributed by atoms with Crippen molar-refractivity contribution in [3.8, 4) is 28.7 Å². The summed E-state index contributed by atoms with van der Waals surface area (Å²) in [5.74, 6) is 0.796. The molecule has 0 fully saturated rings. The fourth-order valence-corrected chi connectivity index (χ4v) is 1.99. The summed E-state index contributed by atoms with van der Waals surface area (Å²) in [4.78, 5) is 8.19. The van der Waals surface area contributed by atoms with Crippen molar-refractivity contribution in [2.75, 3.05) is 5.73 Å². The molecule has 0 radical (unpaired) electrons. The molecule has 20 heavy (non-hydrogen) atoms. The second kappa shape index (κ2) is 4.86. The summed E-state index contributed by atoms with van der Waals surface area (Å²) in [6, 6.07) is 11.1. The van der Waals surface area contributed by atoms with Crippen LogP contribution in [0.2, 0.25) is 0 Å². The van der Waals surface area contributed by atoms with Gasteiger partial charge in [-0.25, -0.2) is 4.98 Å². The fourth-order valence-electron chi connectivity index (χ4n) is 1.99. The molecule has 0 aromatic carbocycles. The second-order valence-electron chi connectivity index (χ2n) is 4.14. The number of nitrogens with two attached hydrogens (primary N) is 1. The average Bonchev–Trinajstić information content (AvgIpc) is 3.01. The number of aromatic nitrogens is 2. The first kappa shape index (κ1) is 11.9. The smallest absolute Gasteiger partial charge is 0.152 e. The third-order valence-electron chi connectivity index (χ3n) is 2.92. The van der Waals surface area contributed by atoms with E-state index in [9.17, 15) is 5.26 Å². The van der Waals surface area contributed by atoms with Gasteiger partial charge in [0.05, 0.1) is 6.26 Å². The SMILES string of the molecule is N#Cc1c(-c2ccncc2)cc(-c2ccco2)nc1N. The summed E-state index contributed by atoms with van der Waals surface area (Å²) in [6.45, 7) is 0. The van der Waals surface area contributed by atoms with Crippen molar-refractivity contribution in [2.24, 2.45) is 0 Å². The van der Waals surface area contributed by atoms with Crippen LogP contribution in [-0.2, 0) is 0 Å². The topological polar surface area (TPSA) is 88.7 Å². The van der Waals surface area contributed by atoms with Crippen LogP contribution in [0.4, 0.5) is 5.82 Å². The van der Waals surface area contributed by atoms with E-state index in [2.05, 4.69) is 16.0 Å². The van der Waals surface area contributed by atoms with E-state index < -0.39 is 0 Å². The average molecular weight is 262 g/mol. The molecule has 3 rings (SSSR count). The number of nitrogens with zero attached hydrogens (tertiary/aromatic N) is 3. The van der Waals surface area contributed by atoms with E-state index in [0.717, 1.165) is 5.56 Å². The Bertz CT molecular complexity index is 774. The van der Waals surface area contributed by atoms with E-state index >= 15 is 0 Å². The van der Waals surface area contributed by atoms with E-state index in [0.29, 0.717) is 22.6 Å². The highest BCUT2D eigenvalue weighted by Gasteiger charge is 2.14. The van der Waals surface area contributed by atoms with Gasteiger partial charge in [-0.2, -0.15) is 5.26 Å². The lowest BCUT2D eigenvalue weighted by Gasteiger charge is -2.08. The quantitative estimate of drug-likeness (QED) is 0.767. The third-order valence-corrected chi connectivity index (χ3v) is 2.92. The maximum absolute atomic E-state index is 9.27. The van der Waals surface area contributed by atoms with E-state index in [1.54, 1.807) is 36.9 Å². The Balaban J connectivity index is 2.25. The molecule has 0 aliphatic rings. The van der Waals surface area contributed by atoms with E-state index in [4.69, 9.17) is 10.2 Å². The molecule has 3 heterocycles. The Hall–Kier alpha value is -3.13. The molecule has 0 saturated heterocycles. The molecule has 0 amide bonds. The molecule has 3 aromatic heterocycles. The molecule has 3 aromatic rings. The van der Waals surface area contributed by atoms with E-state index in [-0.39, 0.29) is 5.82 Å². The van der Waals surface area contributed by atoms with Crippen molar-refractivity contribution in [1.82, 2.24) is 9.97 Å². The van der Waals surface area contributed by atoms with E-state index in [1.807, 2.05) is 12.1 Å². The molecule has 0 aliphatic carbocycles. The predicted octanol–water partition coefficient (Wildman–Crippen LogP) is 2.86. The first-order valence-electron chi connectivity index (χ1n) is 5.94. The Kier molecular flexibility index (Phi) is 2.90. The molecular formula is C15H10N4O. The highest BCUT2D eigenvalue weighted by molar-refractivity contribution is 5.78. The Labute approximate surface area is 115 Å². The first-order chi connectivity index (χ1) is 9.79. The van der Waals surface area contributed by atoms with Crippen LogP contribution >= 0.6 is 0 Å². The van der Waals surface area contributed by atoms with Crippen LogP contribution in [-0.4, -0.2) is 9.97 Å². The van der Waals surface area contributed by atoms with Crippen molar-refractivity contribution in [2.45, 2.75) is 0 Å². The van der Waals surface area contributed by atoms with Gasteiger partial charge in [-0.15, -0.1) is 0 Å². The van der Waals surface area contributed by atoms with Crippen LogP contribution in [0.15, 0.2) is 53.4 Å². The number of nitrogen functional groups attached to an aromatic ring is 1. The van der Waals surface area contributed by atoms with Gasteiger partial charge in [0.15, 0.2) is 5.76 Å². The number of anilines is 1. The number of furan rings is 1. The Morgan fingerprint density at radius 1 is 1.20 bits per heavy atom. The van der Waals surface area contributed by atoms with Crippen molar-refractivity contribution in [1.29, 1.82) is 5.26 Å². The zero-order valence-electron chi connectivity index (χ0n) is 10.4. The minimum absolute atomic E-state index is 0.188. The van der Waals surface area contributed by atoms with Crippen LogP contribution < -0.4 is 5.73 Å². The summed E-state index contributed by atoms with van der Waals surface area (Å²) >= 11 is 0. The van der Waals surface area contributed by atoms with Gasteiger partial charge in [-0.3, -0.25) is 4.98 Å². The van der Waals surface area contributed by atoms with Gasteiger partial charge in [0.2, 0.25) is 0 Å². The zero-order chi connectivity index (χ0) is 13.9. The van der Waals surface area contributed by atoms with Gasteiger partial charge in [-0.05, 0) is 35.9 Å². The fraction of sp³-hybridized carbons (Fsp3) is 0. The third kappa shape index (κ3) is 1.99. The van der Waals surface area contributed by atoms with Crippen LogP contribution in [0.25, 0.3) is 22.6 Å². The van der Waals surface area contributed by atoms with Crippen molar-refractivity contribution < 1.29 is 4.42 Å². The molecule has 5 nitrogen and oxygen atoms in total. The largest absolute Gasteiger partial charge is 0.463 e. The lowest BCUT2D eigenvalue weighted by Crippen LogP contribution is -1.99.